The van der Waals surface area contributed by atoms with E-state index >= 15 is 0 Å². The molecule has 55 heavy (non-hydrogen) atoms. The number of hydrogen-bond donors (Lipinski definition) is 0. The van der Waals surface area contributed by atoms with Crippen LogP contribution in [-0.2, 0) is 5.41 Å². The van der Waals surface area contributed by atoms with Crippen molar-refractivity contribution in [1.29, 1.82) is 0 Å². The van der Waals surface area contributed by atoms with E-state index in [1.165, 1.54) is 60.8 Å². The van der Waals surface area contributed by atoms with Gasteiger partial charge in [-0.15, -0.1) is 0 Å². The van der Waals surface area contributed by atoms with Crippen LogP contribution in [0.3, 0.4) is 0 Å². The molecule has 0 N–H and O–H groups in total. The van der Waals surface area contributed by atoms with Gasteiger partial charge in [0.25, 0.3) is 0 Å². The molecule has 1 aromatic heterocycles. The Balaban J connectivity index is 1.16. The van der Waals surface area contributed by atoms with Crippen molar-refractivity contribution in [2.75, 3.05) is 0 Å². The molecule has 2 aliphatic carbocycles. The van der Waals surface area contributed by atoms with Gasteiger partial charge in [0.2, 0.25) is 0 Å². The van der Waals surface area contributed by atoms with E-state index in [1.54, 1.807) is 0 Å². The standard InChI is InChI=1S/C52H33N3/c1-3-13-34(14-4-1)35-23-28-39(29-24-35)50-53-49(38-16-5-2-6-17-38)54-51(55-50)42-30-27-37-26-25-36-15-9-11-21-45(36)52(47(37)33-42)46-22-12-10-20-43(46)44-31-40-18-7-8-19-41(40)32-48(44)52/h1-33H. The predicted octanol–water partition coefficient (Wildman–Crippen LogP) is 12.5. The van der Waals surface area contributed by atoms with Gasteiger partial charge in [-0.1, -0.05) is 182 Å². The average molecular weight is 700 g/mol. The van der Waals surface area contributed by atoms with Crippen molar-refractivity contribution in [3.05, 3.63) is 221 Å². The molecule has 0 bridgehead atoms. The summed E-state index contributed by atoms with van der Waals surface area (Å²) >= 11 is 0. The molecular formula is C52H33N3. The topological polar surface area (TPSA) is 38.7 Å². The molecule has 256 valence electrons. The van der Waals surface area contributed by atoms with Gasteiger partial charge >= 0.3 is 0 Å². The third kappa shape index (κ3) is 4.94. The molecule has 1 unspecified atom stereocenters. The number of aromatic nitrogens is 3. The first-order chi connectivity index (χ1) is 27.2. The highest BCUT2D eigenvalue weighted by Crippen LogP contribution is 2.59. The smallest absolute Gasteiger partial charge is 0.164 e. The second-order valence-corrected chi connectivity index (χ2v) is 14.4. The summed E-state index contributed by atoms with van der Waals surface area (Å²) in [5.74, 6) is 1.92. The zero-order valence-corrected chi connectivity index (χ0v) is 29.9. The van der Waals surface area contributed by atoms with Crippen LogP contribution < -0.4 is 0 Å². The number of rotatable bonds is 4. The molecule has 1 atom stereocenters. The normalized spacial score (nSPS) is 14.9. The van der Waals surface area contributed by atoms with E-state index in [2.05, 4.69) is 176 Å². The van der Waals surface area contributed by atoms with Crippen molar-refractivity contribution >= 4 is 22.9 Å². The van der Waals surface area contributed by atoms with Crippen molar-refractivity contribution < 1.29 is 0 Å². The lowest BCUT2D eigenvalue weighted by molar-refractivity contribution is 0.767. The summed E-state index contributed by atoms with van der Waals surface area (Å²) < 4.78 is 0. The molecule has 3 nitrogen and oxygen atoms in total. The molecule has 1 spiro atoms. The Morgan fingerprint density at radius 1 is 0.291 bits per heavy atom. The Kier molecular flexibility index (Phi) is 7.08. The van der Waals surface area contributed by atoms with Crippen LogP contribution in [0.25, 0.3) is 79.3 Å². The van der Waals surface area contributed by atoms with Crippen LogP contribution in [0.2, 0.25) is 0 Å². The van der Waals surface area contributed by atoms with Crippen LogP contribution in [0.1, 0.15) is 33.4 Å². The number of hydrogen-bond acceptors (Lipinski definition) is 3. The van der Waals surface area contributed by atoms with Gasteiger partial charge in [-0.3, -0.25) is 0 Å². The van der Waals surface area contributed by atoms with Crippen LogP contribution in [-0.4, -0.2) is 15.0 Å². The van der Waals surface area contributed by atoms with E-state index < -0.39 is 5.41 Å². The largest absolute Gasteiger partial charge is 0.208 e. The number of nitrogens with zero attached hydrogens (tertiary/aromatic N) is 3. The molecule has 1 heterocycles. The highest BCUT2D eigenvalue weighted by atomic mass is 15.0. The molecule has 9 aromatic rings. The lowest BCUT2D eigenvalue weighted by atomic mass is 9.65. The summed E-state index contributed by atoms with van der Waals surface area (Å²) in [6.07, 6.45) is 4.55. The number of benzene rings is 8. The van der Waals surface area contributed by atoms with E-state index in [9.17, 15) is 0 Å². The molecular weight excluding hydrogens is 667 g/mol. The average Bonchev–Trinajstić information content (AvgIpc) is 3.45. The zero-order chi connectivity index (χ0) is 36.3. The van der Waals surface area contributed by atoms with Gasteiger partial charge in [-0.2, -0.15) is 0 Å². The Morgan fingerprint density at radius 3 is 1.51 bits per heavy atom. The van der Waals surface area contributed by atoms with Gasteiger partial charge in [0.05, 0.1) is 5.41 Å². The Hall–Kier alpha value is -7.23. The minimum atomic E-state index is -0.577. The van der Waals surface area contributed by atoms with Crippen molar-refractivity contribution in [2.45, 2.75) is 5.41 Å². The maximum Gasteiger partial charge on any atom is 0.164 e. The summed E-state index contributed by atoms with van der Waals surface area (Å²) in [7, 11) is 0. The Labute approximate surface area is 320 Å². The lowest BCUT2D eigenvalue weighted by Gasteiger charge is -2.35. The first-order valence-electron chi connectivity index (χ1n) is 18.8. The highest BCUT2D eigenvalue weighted by Gasteiger charge is 2.48. The zero-order valence-electron chi connectivity index (χ0n) is 29.9. The van der Waals surface area contributed by atoms with Crippen LogP contribution in [0.4, 0.5) is 0 Å². The van der Waals surface area contributed by atoms with Crippen molar-refractivity contribution in [3.63, 3.8) is 0 Å². The predicted molar refractivity (Wildman–Crippen MR) is 225 cm³/mol. The fourth-order valence-corrected chi connectivity index (χ4v) is 8.81. The van der Waals surface area contributed by atoms with Gasteiger partial charge in [-0.05, 0) is 84.6 Å². The van der Waals surface area contributed by atoms with E-state index in [-0.39, 0.29) is 0 Å². The Bertz CT molecular complexity index is 2970. The third-order valence-corrected chi connectivity index (χ3v) is 11.4. The van der Waals surface area contributed by atoms with Gasteiger partial charge in [0.1, 0.15) is 0 Å². The van der Waals surface area contributed by atoms with Crippen molar-refractivity contribution in [2.24, 2.45) is 0 Å². The second-order valence-electron chi connectivity index (χ2n) is 14.4. The third-order valence-electron chi connectivity index (χ3n) is 11.4. The van der Waals surface area contributed by atoms with Crippen LogP contribution >= 0.6 is 0 Å². The molecule has 3 heteroatoms. The van der Waals surface area contributed by atoms with Gasteiger partial charge in [0.15, 0.2) is 17.5 Å². The van der Waals surface area contributed by atoms with Crippen LogP contribution in [0.15, 0.2) is 188 Å². The highest BCUT2D eigenvalue weighted by molar-refractivity contribution is 5.98. The molecule has 0 amide bonds. The molecule has 0 fully saturated rings. The monoisotopic (exact) mass is 699 g/mol. The molecule has 11 rings (SSSR count). The SMILES string of the molecule is C1=Cc2ccc(-c3nc(-c4ccccc4)nc(-c4ccc(-c5ccccc5)cc4)n3)cc2C2(c3ccccc31)c1ccccc1-c1cc3ccccc3cc12. The fraction of sp³-hybridized carbons (Fsp3) is 0.0192. The van der Waals surface area contributed by atoms with E-state index in [0.717, 1.165) is 22.3 Å². The van der Waals surface area contributed by atoms with Gasteiger partial charge < -0.3 is 0 Å². The molecule has 0 radical (unpaired) electrons. The first kappa shape index (κ1) is 31.3. The quantitative estimate of drug-likeness (QED) is 0.184. The van der Waals surface area contributed by atoms with E-state index in [1.807, 2.05) is 24.3 Å². The fourth-order valence-electron chi connectivity index (χ4n) is 8.81. The number of fused-ring (bicyclic) bond motifs is 10. The summed E-state index contributed by atoms with van der Waals surface area (Å²) in [4.78, 5) is 15.5. The second kappa shape index (κ2) is 12.4. The van der Waals surface area contributed by atoms with E-state index in [0.29, 0.717) is 17.5 Å². The van der Waals surface area contributed by atoms with Crippen molar-refractivity contribution in [3.8, 4) is 56.4 Å². The maximum absolute atomic E-state index is 5.22. The lowest BCUT2D eigenvalue weighted by Crippen LogP contribution is -2.30. The summed E-state index contributed by atoms with van der Waals surface area (Å²) in [6.45, 7) is 0. The molecule has 2 aliphatic rings. The maximum atomic E-state index is 5.22. The van der Waals surface area contributed by atoms with Crippen molar-refractivity contribution in [1.82, 2.24) is 15.0 Å². The Morgan fingerprint density at radius 2 is 0.782 bits per heavy atom. The molecule has 8 aromatic carbocycles. The molecule has 0 saturated carbocycles. The van der Waals surface area contributed by atoms with Crippen LogP contribution in [0, 0.1) is 0 Å². The first-order valence-corrected chi connectivity index (χ1v) is 18.8. The summed E-state index contributed by atoms with van der Waals surface area (Å²) in [5.41, 5.74) is 14.6. The summed E-state index contributed by atoms with van der Waals surface area (Å²) in [6, 6.07) is 67.3. The molecule has 0 aliphatic heterocycles. The van der Waals surface area contributed by atoms with E-state index in [4.69, 9.17) is 15.0 Å². The van der Waals surface area contributed by atoms with Gasteiger partial charge in [-0.25, -0.2) is 15.0 Å². The summed E-state index contributed by atoms with van der Waals surface area (Å²) in [5, 5.41) is 2.47. The van der Waals surface area contributed by atoms with Gasteiger partial charge in [0, 0.05) is 16.7 Å². The molecule has 0 saturated heterocycles. The minimum absolute atomic E-state index is 0.577. The van der Waals surface area contributed by atoms with Crippen LogP contribution in [0.5, 0.6) is 0 Å². The minimum Gasteiger partial charge on any atom is -0.208 e.